The minimum atomic E-state index is -0.0786. The van der Waals surface area contributed by atoms with Crippen molar-refractivity contribution in [1.82, 2.24) is 16.0 Å². The second kappa shape index (κ2) is 10.4. The average Bonchev–Trinajstić information content (AvgIpc) is 2.70. The molecule has 0 heterocycles. The molecule has 0 aliphatic heterocycles. The van der Waals surface area contributed by atoms with E-state index < -0.39 is 0 Å². The van der Waals surface area contributed by atoms with Gasteiger partial charge in [0.25, 0.3) is 5.91 Å². The predicted octanol–water partition coefficient (Wildman–Crippen LogP) is 3.21. The molecule has 1 unspecified atom stereocenters. The second-order valence-corrected chi connectivity index (χ2v) is 6.66. The molecule has 27 heavy (non-hydrogen) atoms. The van der Waals surface area contributed by atoms with Gasteiger partial charge in [0.05, 0.1) is 6.54 Å². The maximum Gasteiger partial charge on any atom is 0.251 e. The third-order valence-corrected chi connectivity index (χ3v) is 4.43. The van der Waals surface area contributed by atoms with Crippen LogP contribution in [0.3, 0.4) is 0 Å². The Morgan fingerprint density at radius 1 is 1.04 bits per heavy atom. The monoisotopic (exact) mass is 366 g/mol. The first kappa shape index (κ1) is 20.5. The van der Waals surface area contributed by atoms with Crippen molar-refractivity contribution in [3.63, 3.8) is 0 Å². The molecule has 2 aromatic rings. The standard InChI is InChI=1S/C22H30N4O/c1-5-24-22(25-14-17(3)19-10-6-16(2)7-11-19)26-15-18-8-12-20(13-9-18)21(27)23-4/h6-13,17H,5,14-15H2,1-4H3,(H,23,27)(H2,24,25,26). The predicted molar refractivity (Wildman–Crippen MR) is 112 cm³/mol. The summed E-state index contributed by atoms with van der Waals surface area (Å²) in [5.74, 6) is 1.11. The smallest absolute Gasteiger partial charge is 0.251 e. The van der Waals surface area contributed by atoms with E-state index in [1.165, 1.54) is 11.1 Å². The summed E-state index contributed by atoms with van der Waals surface area (Å²) in [7, 11) is 1.63. The summed E-state index contributed by atoms with van der Waals surface area (Å²) in [6.45, 7) is 8.54. The zero-order valence-electron chi connectivity index (χ0n) is 16.7. The molecule has 0 saturated heterocycles. The number of aliphatic imine (C=N–C) groups is 1. The minimum Gasteiger partial charge on any atom is -0.357 e. The van der Waals surface area contributed by atoms with Crippen molar-refractivity contribution in [3.8, 4) is 0 Å². The van der Waals surface area contributed by atoms with E-state index in [0.717, 1.165) is 24.6 Å². The Hall–Kier alpha value is -2.82. The maximum atomic E-state index is 11.6. The zero-order chi connectivity index (χ0) is 19.6. The number of aryl methyl sites for hydroxylation is 1. The quantitative estimate of drug-likeness (QED) is 0.521. The Morgan fingerprint density at radius 3 is 2.30 bits per heavy atom. The van der Waals surface area contributed by atoms with E-state index in [9.17, 15) is 4.79 Å². The number of amides is 1. The van der Waals surface area contributed by atoms with Crippen LogP contribution < -0.4 is 16.0 Å². The third-order valence-electron chi connectivity index (χ3n) is 4.43. The van der Waals surface area contributed by atoms with Gasteiger partial charge >= 0.3 is 0 Å². The molecule has 0 aliphatic rings. The lowest BCUT2D eigenvalue weighted by molar-refractivity contribution is 0.0963. The lowest BCUT2D eigenvalue weighted by atomic mass is 10.0. The Bertz CT molecular complexity index is 751. The van der Waals surface area contributed by atoms with E-state index in [1.54, 1.807) is 7.05 Å². The van der Waals surface area contributed by atoms with Gasteiger partial charge in [0.15, 0.2) is 5.96 Å². The average molecular weight is 367 g/mol. The first-order chi connectivity index (χ1) is 13.0. The zero-order valence-corrected chi connectivity index (χ0v) is 16.7. The van der Waals surface area contributed by atoms with E-state index in [-0.39, 0.29) is 5.91 Å². The van der Waals surface area contributed by atoms with Gasteiger partial charge in [-0.1, -0.05) is 48.9 Å². The molecule has 0 spiro atoms. The van der Waals surface area contributed by atoms with Crippen LogP contribution in [0.25, 0.3) is 0 Å². The van der Waals surface area contributed by atoms with Gasteiger partial charge in [-0.15, -0.1) is 0 Å². The van der Waals surface area contributed by atoms with Crippen LogP contribution in [0.4, 0.5) is 0 Å². The number of nitrogens with one attached hydrogen (secondary N) is 3. The van der Waals surface area contributed by atoms with Crippen molar-refractivity contribution in [1.29, 1.82) is 0 Å². The van der Waals surface area contributed by atoms with E-state index in [1.807, 2.05) is 24.3 Å². The number of carbonyl (C=O) groups is 1. The van der Waals surface area contributed by atoms with Gasteiger partial charge in [-0.05, 0) is 43.0 Å². The van der Waals surface area contributed by atoms with Crippen LogP contribution >= 0.6 is 0 Å². The first-order valence-corrected chi connectivity index (χ1v) is 9.43. The van der Waals surface area contributed by atoms with Gasteiger partial charge in [0.2, 0.25) is 0 Å². The van der Waals surface area contributed by atoms with E-state index in [4.69, 9.17) is 0 Å². The molecule has 0 radical (unpaired) electrons. The van der Waals surface area contributed by atoms with Crippen molar-refractivity contribution in [2.45, 2.75) is 33.2 Å². The topological polar surface area (TPSA) is 65.5 Å². The Labute approximate surface area is 162 Å². The summed E-state index contributed by atoms with van der Waals surface area (Å²) < 4.78 is 0. The number of nitrogens with zero attached hydrogens (tertiary/aromatic N) is 1. The van der Waals surface area contributed by atoms with Crippen LogP contribution in [0, 0.1) is 6.92 Å². The van der Waals surface area contributed by atoms with E-state index in [0.29, 0.717) is 18.0 Å². The molecular weight excluding hydrogens is 336 g/mol. The number of rotatable bonds is 7. The molecule has 0 aromatic heterocycles. The van der Waals surface area contributed by atoms with E-state index >= 15 is 0 Å². The molecular formula is C22H30N4O. The van der Waals surface area contributed by atoms with Crippen LogP contribution in [0.1, 0.15) is 46.8 Å². The molecule has 1 amide bonds. The fraction of sp³-hybridized carbons (Fsp3) is 0.364. The number of guanidine groups is 1. The molecule has 0 saturated carbocycles. The summed E-state index contributed by atoms with van der Waals surface area (Å²) in [6, 6.07) is 16.2. The summed E-state index contributed by atoms with van der Waals surface area (Å²) in [6.07, 6.45) is 0. The maximum absolute atomic E-state index is 11.6. The fourth-order valence-electron chi connectivity index (χ4n) is 2.68. The lowest BCUT2D eigenvalue weighted by Gasteiger charge is -2.16. The first-order valence-electron chi connectivity index (χ1n) is 9.43. The molecule has 5 heteroatoms. The summed E-state index contributed by atoms with van der Waals surface area (Å²) in [5.41, 5.74) is 4.30. The molecule has 144 valence electrons. The van der Waals surface area contributed by atoms with Gasteiger partial charge in [-0.3, -0.25) is 4.79 Å². The Kier molecular flexibility index (Phi) is 7.86. The van der Waals surface area contributed by atoms with Gasteiger partial charge in [-0.2, -0.15) is 0 Å². The van der Waals surface area contributed by atoms with Crippen molar-refractivity contribution in [3.05, 3.63) is 70.8 Å². The van der Waals surface area contributed by atoms with Gasteiger partial charge in [0, 0.05) is 25.7 Å². The highest BCUT2D eigenvalue weighted by Gasteiger charge is 2.07. The number of carbonyl (C=O) groups excluding carboxylic acids is 1. The van der Waals surface area contributed by atoms with Crippen LogP contribution in [0.5, 0.6) is 0 Å². The summed E-state index contributed by atoms with van der Waals surface area (Å²) in [4.78, 5) is 16.3. The molecule has 3 N–H and O–H groups in total. The normalized spacial score (nSPS) is 12.4. The third kappa shape index (κ3) is 6.44. The van der Waals surface area contributed by atoms with Crippen molar-refractivity contribution < 1.29 is 4.79 Å². The molecule has 0 fully saturated rings. The van der Waals surface area contributed by atoms with Crippen LogP contribution in [0.2, 0.25) is 0 Å². The minimum absolute atomic E-state index is 0.0786. The Morgan fingerprint density at radius 2 is 1.70 bits per heavy atom. The number of benzene rings is 2. The second-order valence-electron chi connectivity index (χ2n) is 6.66. The van der Waals surface area contributed by atoms with Gasteiger partial charge < -0.3 is 16.0 Å². The summed E-state index contributed by atoms with van der Waals surface area (Å²) >= 11 is 0. The molecule has 5 nitrogen and oxygen atoms in total. The largest absolute Gasteiger partial charge is 0.357 e. The van der Waals surface area contributed by atoms with Crippen LogP contribution in [-0.4, -0.2) is 32.0 Å². The van der Waals surface area contributed by atoms with Gasteiger partial charge in [-0.25, -0.2) is 4.99 Å². The molecule has 1 atom stereocenters. The van der Waals surface area contributed by atoms with E-state index in [2.05, 4.69) is 66.0 Å². The highest BCUT2D eigenvalue weighted by Crippen LogP contribution is 2.14. The number of hydrogen-bond donors (Lipinski definition) is 3. The highest BCUT2D eigenvalue weighted by atomic mass is 16.1. The molecule has 0 aliphatic carbocycles. The SMILES string of the molecule is CCNC(=NCc1ccc(C(=O)NC)cc1)NCC(C)c1ccc(C)cc1. The molecule has 2 aromatic carbocycles. The van der Waals surface area contributed by atoms with Crippen molar-refractivity contribution in [2.75, 3.05) is 20.1 Å². The van der Waals surface area contributed by atoms with Crippen LogP contribution in [-0.2, 0) is 6.54 Å². The number of hydrogen-bond acceptors (Lipinski definition) is 2. The van der Waals surface area contributed by atoms with Crippen LogP contribution in [0.15, 0.2) is 53.5 Å². The molecule has 2 rings (SSSR count). The lowest BCUT2D eigenvalue weighted by Crippen LogP contribution is -2.39. The summed E-state index contributed by atoms with van der Waals surface area (Å²) in [5, 5.41) is 9.32. The highest BCUT2D eigenvalue weighted by molar-refractivity contribution is 5.93. The Balaban J connectivity index is 1.95. The van der Waals surface area contributed by atoms with Gasteiger partial charge in [0.1, 0.15) is 0 Å². The fourth-order valence-corrected chi connectivity index (χ4v) is 2.68. The van der Waals surface area contributed by atoms with Crippen molar-refractivity contribution in [2.24, 2.45) is 4.99 Å². The van der Waals surface area contributed by atoms with Crippen molar-refractivity contribution >= 4 is 11.9 Å². The molecule has 0 bridgehead atoms.